The molecule has 0 N–H and O–H groups in total. The largest absolute Gasteiger partial charge is 0.381 e. The summed E-state index contributed by atoms with van der Waals surface area (Å²) in [6.45, 7) is 10.8. The molecule has 1 amide bonds. The second kappa shape index (κ2) is 8.79. The van der Waals surface area contributed by atoms with Gasteiger partial charge in [-0.25, -0.2) is 9.50 Å². The number of amides is 1. The number of ether oxygens (including phenoxy) is 1. The quantitative estimate of drug-likeness (QED) is 0.630. The van der Waals surface area contributed by atoms with Gasteiger partial charge in [0.15, 0.2) is 5.65 Å². The summed E-state index contributed by atoms with van der Waals surface area (Å²) in [5.74, 6) is 0.244. The van der Waals surface area contributed by atoms with E-state index in [0.29, 0.717) is 18.9 Å². The van der Waals surface area contributed by atoms with Crippen molar-refractivity contribution in [1.29, 1.82) is 0 Å². The number of aromatic nitrogens is 3. The topological polar surface area (TPSA) is 63.0 Å². The molecule has 5 rings (SSSR count). The molecule has 4 heterocycles. The van der Waals surface area contributed by atoms with E-state index in [2.05, 4.69) is 29.7 Å². The van der Waals surface area contributed by atoms with Crippen LogP contribution in [0.15, 0.2) is 24.3 Å². The summed E-state index contributed by atoms with van der Waals surface area (Å²) in [4.78, 5) is 22.6. The molecule has 2 aliphatic heterocycles. The Morgan fingerprint density at radius 3 is 2.72 bits per heavy atom. The molecule has 32 heavy (non-hydrogen) atoms. The smallest absolute Gasteiger partial charge is 0.223 e. The number of nitrogens with zero attached hydrogens (tertiary/aromatic N) is 5. The Bertz CT molecular complexity index is 1130. The minimum Gasteiger partial charge on any atom is -0.381 e. The van der Waals surface area contributed by atoms with Gasteiger partial charge in [0.25, 0.3) is 0 Å². The number of piperazine rings is 1. The Hall–Kier alpha value is -2.51. The van der Waals surface area contributed by atoms with Crippen LogP contribution in [0.2, 0.25) is 0 Å². The number of hydrogen-bond acceptors (Lipinski definition) is 5. The third kappa shape index (κ3) is 3.88. The molecule has 1 atom stereocenters. The van der Waals surface area contributed by atoms with E-state index in [-0.39, 0.29) is 11.9 Å². The first-order valence-corrected chi connectivity index (χ1v) is 11.9. The van der Waals surface area contributed by atoms with Crippen molar-refractivity contribution in [1.82, 2.24) is 24.4 Å². The summed E-state index contributed by atoms with van der Waals surface area (Å²) < 4.78 is 7.45. The van der Waals surface area contributed by atoms with E-state index in [4.69, 9.17) is 14.8 Å². The fourth-order valence-electron chi connectivity index (χ4n) is 5.45. The van der Waals surface area contributed by atoms with Crippen molar-refractivity contribution in [2.75, 3.05) is 32.8 Å². The maximum atomic E-state index is 13.1. The van der Waals surface area contributed by atoms with Gasteiger partial charge >= 0.3 is 0 Å². The van der Waals surface area contributed by atoms with Crippen LogP contribution >= 0.6 is 0 Å². The number of benzene rings is 1. The molecule has 3 aromatic rings. The lowest BCUT2D eigenvalue weighted by Gasteiger charge is -2.44. The molecular weight excluding hydrogens is 402 g/mol. The van der Waals surface area contributed by atoms with Crippen LogP contribution in [0.3, 0.4) is 0 Å². The fraction of sp³-hybridized carbons (Fsp3) is 0.560. The van der Waals surface area contributed by atoms with E-state index in [0.717, 1.165) is 79.2 Å². The van der Waals surface area contributed by atoms with Crippen LogP contribution in [-0.4, -0.2) is 75.2 Å². The fourth-order valence-corrected chi connectivity index (χ4v) is 5.45. The molecule has 7 nitrogen and oxygen atoms in total. The third-order valence-electron chi connectivity index (χ3n) is 7.29. The van der Waals surface area contributed by atoms with Gasteiger partial charge in [-0.1, -0.05) is 12.1 Å². The SMILES string of the molecule is Cc1nc2c3ccccc3nn2c(C)c1CCC(=O)N1CCN(C2CCOCC2)C[C@H]1C. The molecule has 2 saturated heterocycles. The van der Waals surface area contributed by atoms with E-state index < -0.39 is 0 Å². The Morgan fingerprint density at radius 1 is 1.16 bits per heavy atom. The van der Waals surface area contributed by atoms with Gasteiger partial charge in [0, 0.05) is 68.1 Å². The maximum Gasteiger partial charge on any atom is 0.223 e. The van der Waals surface area contributed by atoms with E-state index in [1.54, 1.807) is 0 Å². The van der Waals surface area contributed by atoms with E-state index >= 15 is 0 Å². The van der Waals surface area contributed by atoms with Crippen molar-refractivity contribution >= 4 is 22.5 Å². The average Bonchev–Trinajstić information content (AvgIpc) is 3.18. The second-order valence-electron chi connectivity index (χ2n) is 9.29. The minimum absolute atomic E-state index is 0.244. The van der Waals surface area contributed by atoms with Crippen molar-refractivity contribution in [2.45, 2.75) is 58.5 Å². The summed E-state index contributed by atoms with van der Waals surface area (Å²) in [7, 11) is 0. The van der Waals surface area contributed by atoms with E-state index in [1.807, 2.05) is 29.6 Å². The van der Waals surface area contributed by atoms with Gasteiger partial charge in [-0.05, 0) is 57.7 Å². The van der Waals surface area contributed by atoms with E-state index in [9.17, 15) is 4.79 Å². The molecule has 2 aliphatic rings. The molecule has 7 heteroatoms. The normalized spacial score (nSPS) is 21.0. The zero-order valence-corrected chi connectivity index (χ0v) is 19.4. The third-order valence-corrected chi connectivity index (χ3v) is 7.29. The lowest BCUT2D eigenvalue weighted by atomic mass is 10.0. The lowest BCUT2D eigenvalue weighted by molar-refractivity contribution is -0.136. The average molecular weight is 436 g/mol. The predicted molar refractivity (Wildman–Crippen MR) is 125 cm³/mol. The van der Waals surface area contributed by atoms with Crippen molar-refractivity contribution < 1.29 is 9.53 Å². The summed E-state index contributed by atoms with van der Waals surface area (Å²) in [6.07, 6.45) is 3.42. The van der Waals surface area contributed by atoms with Gasteiger partial charge in [0.2, 0.25) is 5.91 Å². The van der Waals surface area contributed by atoms with Gasteiger partial charge in [0.05, 0.1) is 5.52 Å². The maximum absolute atomic E-state index is 13.1. The van der Waals surface area contributed by atoms with E-state index in [1.165, 1.54) is 0 Å². The summed E-state index contributed by atoms with van der Waals surface area (Å²) in [6, 6.07) is 8.96. The number of fused-ring (bicyclic) bond motifs is 3. The standard InChI is InChI=1S/C25H33N5O2/c1-17-16-28(20-10-14-32-15-11-20)12-13-29(17)24(31)9-8-21-18(2)26-25-22-6-4-5-7-23(22)27-30(25)19(21)3/h4-7,17,20H,8-16H2,1-3H3/t17-/m1/s1. The van der Waals surface area contributed by atoms with Crippen molar-refractivity contribution in [3.8, 4) is 0 Å². The van der Waals surface area contributed by atoms with Crippen LogP contribution in [0.5, 0.6) is 0 Å². The first-order valence-electron chi connectivity index (χ1n) is 11.9. The molecule has 0 bridgehead atoms. The van der Waals surface area contributed by atoms with Crippen LogP contribution in [0.25, 0.3) is 16.6 Å². The molecule has 0 unspecified atom stereocenters. The van der Waals surface area contributed by atoms with Gasteiger partial charge in [-0.15, -0.1) is 0 Å². The predicted octanol–water partition coefficient (Wildman–Crippen LogP) is 3.14. The molecule has 0 aliphatic carbocycles. The highest BCUT2D eigenvalue weighted by Gasteiger charge is 2.31. The Kier molecular flexibility index (Phi) is 5.86. The van der Waals surface area contributed by atoms with Crippen LogP contribution in [-0.2, 0) is 16.0 Å². The van der Waals surface area contributed by atoms with Crippen molar-refractivity contribution in [2.24, 2.45) is 0 Å². The van der Waals surface area contributed by atoms with Gasteiger partial charge in [0.1, 0.15) is 0 Å². The monoisotopic (exact) mass is 435 g/mol. The summed E-state index contributed by atoms with van der Waals surface area (Å²) in [5.41, 5.74) is 5.04. The summed E-state index contributed by atoms with van der Waals surface area (Å²) >= 11 is 0. The number of carbonyl (C=O) groups is 1. The Balaban J connectivity index is 1.27. The van der Waals surface area contributed by atoms with Gasteiger partial charge < -0.3 is 9.64 Å². The number of rotatable bonds is 4. The second-order valence-corrected chi connectivity index (χ2v) is 9.29. The summed E-state index contributed by atoms with van der Waals surface area (Å²) in [5, 5.41) is 5.81. The van der Waals surface area contributed by atoms with Crippen LogP contribution in [0.4, 0.5) is 0 Å². The number of carbonyl (C=O) groups excluding carboxylic acids is 1. The molecule has 170 valence electrons. The molecular formula is C25H33N5O2. The first kappa shape index (κ1) is 21.3. The highest BCUT2D eigenvalue weighted by molar-refractivity contribution is 5.92. The minimum atomic E-state index is 0.244. The van der Waals surface area contributed by atoms with Crippen molar-refractivity contribution in [3.63, 3.8) is 0 Å². The molecule has 0 saturated carbocycles. The zero-order chi connectivity index (χ0) is 22.2. The van der Waals surface area contributed by atoms with Crippen LogP contribution < -0.4 is 0 Å². The molecule has 0 radical (unpaired) electrons. The first-order chi connectivity index (χ1) is 15.5. The molecule has 2 fully saturated rings. The molecule has 2 aromatic heterocycles. The lowest BCUT2D eigenvalue weighted by Crippen LogP contribution is -2.57. The molecule has 0 spiro atoms. The Labute approximate surface area is 189 Å². The van der Waals surface area contributed by atoms with Crippen LogP contribution in [0.1, 0.15) is 43.1 Å². The number of aryl methyl sites for hydroxylation is 2. The molecule has 1 aromatic carbocycles. The number of hydrogen-bond donors (Lipinski definition) is 0. The van der Waals surface area contributed by atoms with Gasteiger partial charge in [-0.2, -0.15) is 5.10 Å². The highest BCUT2D eigenvalue weighted by atomic mass is 16.5. The Morgan fingerprint density at radius 2 is 1.94 bits per heavy atom. The zero-order valence-electron chi connectivity index (χ0n) is 19.4. The van der Waals surface area contributed by atoms with Gasteiger partial charge in [-0.3, -0.25) is 9.69 Å². The van der Waals surface area contributed by atoms with Crippen molar-refractivity contribution in [3.05, 3.63) is 41.2 Å². The van der Waals surface area contributed by atoms with Crippen LogP contribution in [0, 0.1) is 13.8 Å². The highest BCUT2D eigenvalue weighted by Crippen LogP contribution is 2.24.